The average Bonchev–Trinajstić information content (AvgIpc) is 3.13. The van der Waals surface area contributed by atoms with Crippen LogP contribution in [0.3, 0.4) is 0 Å². The number of thiazole rings is 1. The number of rotatable bonds is 6. The van der Waals surface area contributed by atoms with Gasteiger partial charge < -0.3 is 15.2 Å². The zero-order valence-corrected chi connectivity index (χ0v) is 15.6. The molecule has 0 spiro atoms. The quantitative estimate of drug-likeness (QED) is 0.783. The predicted octanol–water partition coefficient (Wildman–Crippen LogP) is 3.46. The van der Waals surface area contributed by atoms with E-state index in [-0.39, 0.29) is 11.6 Å². The molecule has 2 N–H and O–H groups in total. The van der Waals surface area contributed by atoms with E-state index in [1.165, 1.54) is 11.3 Å². The molecule has 1 fully saturated rings. The Labute approximate surface area is 160 Å². The lowest BCUT2D eigenvalue weighted by atomic mass is 9.94. The highest BCUT2D eigenvalue weighted by Crippen LogP contribution is 2.25. The third kappa shape index (κ3) is 4.81. The summed E-state index contributed by atoms with van der Waals surface area (Å²) in [5.41, 5.74) is 1.07. The van der Waals surface area contributed by atoms with Gasteiger partial charge in [-0.1, -0.05) is 23.7 Å². The Morgan fingerprint density at radius 2 is 2.15 bits per heavy atom. The number of carboxylic acids is 1. The van der Waals surface area contributed by atoms with Gasteiger partial charge in [0.25, 0.3) is 5.91 Å². The molecule has 1 aliphatic rings. The van der Waals surface area contributed by atoms with E-state index in [2.05, 4.69) is 10.3 Å². The molecule has 2 aromatic rings. The predicted molar refractivity (Wildman–Crippen MR) is 99.6 cm³/mol. The van der Waals surface area contributed by atoms with E-state index in [0.29, 0.717) is 29.7 Å². The molecule has 1 aliphatic heterocycles. The van der Waals surface area contributed by atoms with Crippen LogP contribution in [-0.2, 0) is 9.53 Å². The van der Waals surface area contributed by atoms with Crippen molar-refractivity contribution in [2.75, 3.05) is 13.2 Å². The number of nitrogens with zero attached hydrogens (tertiary/aromatic N) is 1. The van der Waals surface area contributed by atoms with E-state index in [9.17, 15) is 14.7 Å². The molecule has 1 aromatic heterocycles. The minimum absolute atomic E-state index is 0.144. The molecule has 0 saturated carbocycles. The van der Waals surface area contributed by atoms with Gasteiger partial charge in [0.2, 0.25) is 0 Å². The maximum absolute atomic E-state index is 12.4. The van der Waals surface area contributed by atoms with Gasteiger partial charge in [-0.25, -0.2) is 9.78 Å². The molecule has 0 bridgehead atoms. The van der Waals surface area contributed by atoms with Crippen molar-refractivity contribution in [3.8, 4) is 10.6 Å². The Morgan fingerprint density at radius 3 is 2.81 bits per heavy atom. The number of carboxylic acid groups (broad SMARTS) is 1. The third-order valence-corrected chi connectivity index (χ3v) is 5.40. The monoisotopic (exact) mass is 394 g/mol. The van der Waals surface area contributed by atoms with Crippen molar-refractivity contribution in [2.24, 2.45) is 5.92 Å². The fourth-order valence-corrected chi connectivity index (χ4v) is 3.82. The molecule has 2 heterocycles. The maximum atomic E-state index is 12.4. The van der Waals surface area contributed by atoms with E-state index < -0.39 is 17.9 Å². The standard InChI is InChI=1S/C18H19ClN2O4S/c19-13-5-3-12(4-6-13)17-21-15(10-26-17)16(22)20-14(18(23)24)8-11-2-1-7-25-9-11/h3-6,10-11,14H,1-2,7-9H2,(H,20,22)(H,23,24). The highest BCUT2D eigenvalue weighted by atomic mass is 35.5. The van der Waals surface area contributed by atoms with Crippen molar-refractivity contribution in [1.82, 2.24) is 10.3 Å². The minimum Gasteiger partial charge on any atom is -0.480 e. The van der Waals surface area contributed by atoms with Gasteiger partial charge >= 0.3 is 5.97 Å². The van der Waals surface area contributed by atoms with Gasteiger partial charge in [0, 0.05) is 29.2 Å². The number of amides is 1. The molecule has 8 heteroatoms. The fraction of sp³-hybridized carbons (Fsp3) is 0.389. The zero-order chi connectivity index (χ0) is 18.5. The van der Waals surface area contributed by atoms with Crippen LogP contribution in [0.4, 0.5) is 0 Å². The summed E-state index contributed by atoms with van der Waals surface area (Å²) in [5.74, 6) is -1.38. The normalized spacial score (nSPS) is 18.3. The first-order chi connectivity index (χ1) is 12.5. The summed E-state index contributed by atoms with van der Waals surface area (Å²) in [5, 5.41) is 14.9. The van der Waals surface area contributed by atoms with Gasteiger partial charge in [-0.3, -0.25) is 4.79 Å². The summed E-state index contributed by atoms with van der Waals surface area (Å²) in [7, 11) is 0. The van der Waals surface area contributed by atoms with Crippen LogP contribution in [0.25, 0.3) is 10.6 Å². The van der Waals surface area contributed by atoms with Crippen LogP contribution < -0.4 is 5.32 Å². The smallest absolute Gasteiger partial charge is 0.326 e. The Bertz CT molecular complexity index is 772. The van der Waals surface area contributed by atoms with E-state index in [0.717, 1.165) is 18.4 Å². The number of aromatic nitrogens is 1. The number of carbonyl (C=O) groups excluding carboxylic acids is 1. The van der Waals surface area contributed by atoms with Crippen LogP contribution in [0.15, 0.2) is 29.6 Å². The second kappa shape index (κ2) is 8.62. The van der Waals surface area contributed by atoms with Crippen LogP contribution in [-0.4, -0.2) is 41.2 Å². The molecule has 2 unspecified atom stereocenters. The van der Waals surface area contributed by atoms with Crippen LogP contribution in [0.1, 0.15) is 29.8 Å². The van der Waals surface area contributed by atoms with Crippen LogP contribution in [0.2, 0.25) is 5.02 Å². The summed E-state index contributed by atoms with van der Waals surface area (Å²) in [6.07, 6.45) is 2.19. The number of nitrogens with one attached hydrogen (secondary N) is 1. The largest absolute Gasteiger partial charge is 0.480 e. The van der Waals surface area contributed by atoms with Gasteiger partial charge in [-0.05, 0) is 37.3 Å². The lowest BCUT2D eigenvalue weighted by molar-refractivity contribution is -0.140. The highest BCUT2D eigenvalue weighted by molar-refractivity contribution is 7.13. The minimum atomic E-state index is -1.04. The number of ether oxygens (including phenoxy) is 1. The Kier molecular flexibility index (Phi) is 6.24. The number of carbonyl (C=O) groups is 2. The summed E-state index contributed by atoms with van der Waals surface area (Å²) in [6, 6.07) is 6.21. The van der Waals surface area contributed by atoms with Gasteiger partial charge in [0.1, 0.15) is 16.7 Å². The van der Waals surface area contributed by atoms with Gasteiger partial charge in [-0.2, -0.15) is 0 Å². The molecule has 26 heavy (non-hydrogen) atoms. The van der Waals surface area contributed by atoms with Crippen molar-refractivity contribution in [3.05, 3.63) is 40.4 Å². The van der Waals surface area contributed by atoms with Crippen molar-refractivity contribution in [2.45, 2.75) is 25.3 Å². The summed E-state index contributed by atoms with van der Waals surface area (Å²) in [4.78, 5) is 28.2. The first-order valence-electron chi connectivity index (χ1n) is 8.36. The van der Waals surface area contributed by atoms with Crippen molar-refractivity contribution in [1.29, 1.82) is 0 Å². The Hall–Kier alpha value is -1.96. The SMILES string of the molecule is O=C(NC(CC1CCCOC1)C(=O)O)c1csc(-c2ccc(Cl)cc2)n1. The second-order valence-corrected chi connectivity index (χ2v) is 7.52. The molecule has 1 aromatic carbocycles. The fourth-order valence-electron chi connectivity index (χ4n) is 2.88. The van der Waals surface area contributed by atoms with Crippen LogP contribution in [0, 0.1) is 5.92 Å². The highest BCUT2D eigenvalue weighted by Gasteiger charge is 2.27. The lowest BCUT2D eigenvalue weighted by Gasteiger charge is -2.25. The number of hydrogen-bond acceptors (Lipinski definition) is 5. The molecule has 0 aliphatic carbocycles. The zero-order valence-electron chi connectivity index (χ0n) is 14.0. The van der Waals surface area contributed by atoms with Gasteiger partial charge in [-0.15, -0.1) is 11.3 Å². The van der Waals surface area contributed by atoms with E-state index in [4.69, 9.17) is 16.3 Å². The first kappa shape index (κ1) is 18.8. The molecule has 0 radical (unpaired) electrons. The van der Waals surface area contributed by atoms with Crippen molar-refractivity contribution < 1.29 is 19.4 Å². The summed E-state index contributed by atoms with van der Waals surface area (Å²) >= 11 is 7.20. The molecular formula is C18H19ClN2O4S. The summed E-state index contributed by atoms with van der Waals surface area (Å²) < 4.78 is 5.39. The topological polar surface area (TPSA) is 88.5 Å². The maximum Gasteiger partial charge on any atom is 0.326 e. The van der Waals surface area contributed by atoms with Crippen LogP contribution in [0.5, 0.6) is 0 Å². The third-order valence-electron chi connectivity index (χ3n) is 4.26. The molecule has 1 amide bonds. The first-order valence-corrected chi connectivity index (χ1v) is 9.61. The molecule has 2 atom stereocenters. The molecule has 138 valence electrons. The average molecular weight is 395 g/mol. The Morgan fingerprint density at radius 1 is 1.38 bits per heavy atom. The number of halogens is 1. The Balaban J connectivity index is 1.65. The lowest BCUT2D eigenvalue weighted by Crippen LogP contribution is -2.43. The van der Waals surface area contributed by atoms with Crippen molar-refractivity contribution in [3.63, 3.8) is 0 Å². The number of benzene rings is 1. The van der Waals surface area contributed by atoms with Crippen LogP contribution >= 0.6 is 22.9 Å². The number of hydrogen-bond donors (Lipinski definition) is 2. The van der Waals surface area contributed by atoms with E-state index >= 15 is 0 Å². The van der Waals surface area contributed by atoms with E-state index in [1.807, 2.05) is 12.1 Å². The molecule has 3 rings (SSSR count). The van der Waals surface area contributed by atoms with Crippen molar-refractivity contribution >= 4 is 34.8 Å². The van der Waals surface area contributed by atoms with Gasteiger partial charge in [0.05, 0.1) is 0 Å². The summed E-state index contributed by atoms with van der Waals surface area (Å²) in [6.45, 7) is 1.25. The molecule has 6 nitrogen and oxygen atoms in total. The number of aliphatic carboxylic acids is 1. The second-order valence-electron chi connectivity index (χ2n) is 6.23. The molecule has 1 saturated heterocycles. The van der Waals surface area contributed by atoms with Gasteiger partial charge in [0.15, 0.2) is 0 Å². The van der Waals surface area contributed by atoms with E-state index in [1.54, 1.807) is 17.5 Å². The molecular weight excluding hydrogens is 376 g/mol.